The van der Waals surface area contributed by atoms with E-state index in [1.54, 1.807) is 0 Å². The van der Waals surface area contributed by atoms with Crippen LogP contribution in [0.25, 0.3) is 0 Å². The first-order chi connectivity index (χ1) is 8.56. The number of unbranched alkanes of at least 4 members (excludes halogenated alkanes) is 6. The first-order valence-electron chi connectivity index (χ1n) is 8.08. The molecule has 2 heteroatoms. The van der Waals surface area contributed by atoms with E-state index in [-0.39, 0.29) is 0 Å². The summed E-state index contributed by atoms with van der Waals surface area (Å²) in [6.07, 6.45) is 11.5. The fourth-order valence-corrected chi connectivity index (χ4v) is 2.33. The van der Waals surface area contributed by atoms with Crippen LogP contribution in [-0.4, -0.2) is 18.2 Å². The van der Waals surface area contributed by atoms with E-state index in [0.717, 1.165) is 0 Å². The molecule has 0 fully saturated rings. The van der Waals surface area contributed by atoms with E-state index in [1.165, 1.54) is 51.4 Å². The number of nitrogens with one attached hydrogen (secondary N) is 2. The van der Waals surface area contributed by atoms with Crippen LogP contribution >= 0.6 is 0 Å². The molecular weight excluding hydrogens is 220 g/mol. The molecule has 0 unspecified atom stereocenters. The molecule has 0 aliphatic heterocycles. The van der Waals surface area contributed by atoms with Crippen molar-refractivity contribution < 1.29 is 0 Å². The van der Waals surface area contributed by atoms with E-state index in [4.69, 9.17) is 0 Å². The van der Waals surface area contributed by atoms with E-state index in [0.29, 0.717) is 18.2 Å². The second-order valence-electron chi connectivity index (χ2n) is 6.11. The fourth-order valence-electron chi connectivity index (χ4n) is 2.33. The van der Waals surface area contributed by atoms with Gasteiger partial charge in [0.1, 0.15) is 0 Å². The van der Waals surface area contributed by atoms with Gasteiger partial charge in [-0.25, -0.2) is 0 Å². The molecule has 0 rings (SSSR count). The SMILES string of the molecule is CCCCCCCCCC(NC(C)C)NC(C)C. The van der Waals surface area contributed by atoms with Crippen molar-refractivity contribution in [1.82, 2.24) is 10.6 Å². The molecule has 0 atom stereocenters. The molecule has 0 aromatic heterocycles. The lowest BCUT2D eigenvalue weighted by Crippen LogP contribution is -2.48. The van der Waals surface area contributed by atoms with Gasteiger partial charge in [-0.15, -0.1) is 0 Å². The van der Waals surface area contributed by atoms with E-state index >= 15 is 0 Å². The Balaban J connectivity index is 3.56. The Kier molecular flexibility index (Phi) is 11.9. The van der Waals surface area contributed by atoms with Crippen molar-refractivity contribution >= 4 is 0 Å². The molecule has 18 heavy (non-hydrogen) atoms. The maximum absolute atomic E-state index is 3.61. The van der Waals surface area contributed by atoms with Crippen LogP contribution in [0.1, 0.15) is 86.0 Å². The van der Waals surface area contributed by atoms with Crippen molar-refractivity contribution in [2.75, 3.05) is 0 Å². The number of rotatable bonds is 12. The monoisotopic (exact) mass is 256 g/mol. The van der Waals surface area contributed by atoms with E-state index in [1.807, 2.05) is 0 Å². The maximum Gasteiger partial charge on any atom is 0.0575 e. The Labute approximate surface area is 115 Å². The van der Waals surface area contributed by atoms with Gasteiger partial charge >= 0.3 is 0 Å². The third kappa shape index (κ3) is 12.4. The van der Waals surface area contributed by atoms with Gasteiger partial charge in [-0.05, 0) is 34.1 Å². The summed E-state index contributed by atoms with van der Waals surface area (Å²) in [5.41, 5.74) is 0. The van der Waals surface area contributed by atoms with Crippen LogP contribution in [0.4, 0.5) is 0 Å². The summed E-state index contributed by atoms with van der Waals surface area (Å²) in [5, 5.41) is 7.22. The molecule has 0 radical (unpaired) electrons. The number of hydrogen-bond acceptors (Lipinski definition) is 2. The molecule has 0 aliphatic carbocycles. The molecule has 0 heterocycles. The minimum atomic E-state index is 0.487. The van der Waals surface area contributed by atoms with Gasteiger partial charge in [0.2, 0.25) is 0 Å². The molecule has 0 aromatic rings. The summed E-state index contributed by atoms with van der Waals surface area (Å²) in [4.78, 5) is 0. The van der Waals surface area contributed by atoms with Crippen LogP contribution in [0.3, 0.4) is 0 Å². The minimum Gasteiger partial charge on any atom is -0.300 e. The van der Waals surface area contributed by atoms with Crippen LogP contribution < -0.4 is 10.6 Å². The van der Waals surface area contributed by atoms with Crippen LogP contribution in [0, 0.1) is 0 Å². The highest BCUT2D eigenvalue weighted by Crippen LogP contribution is 2.09. The lowest BCUT2D eigenvalue weighted by atomic mass is 10.1. The normalized spacial score (nSPS) is 12.0. The van der Waals surface area contributed by atoms with Crippen molar-refractivity contribution in [3.05, 3.63) is 0 Å². The summed E-state index contributed by atoms with van der Waals surface area (Å²) in [5.74, 6) is 0. The first kappa shape index (κ1) is 17.9. The van der Waals surface area contributed by atoms with Crippen molar-refractivity contribution in [3.8, 4) is 0 Å². The third-order valence-electron chi connectivity index (χ3n) is 3.17. The minimum absolute atomic E-state index is 0.487. The van der Waals surface area contributed by atoms with E-state index in [2.05, 4.69) is 45.3 Å². The second kappa shape index (κ2) is 12.0. The molecule has 0 saturated carbocycles. The van der Waals surface area contributed by atoms with Crippen molar-refractivity contribution in [2.24, 2.45) is 0 Å². The van der Waals surface area contributed by atoms with Crippen LogP contribution in [0.5, 0.6) is 0 Å². The quantitative estimate of drug-likeness (QED) is 0.398. The summed E-state index contributed by atoms with van der Waals surface area (Å²) in [6, 6.07) is 1.12. The Morgan fingerprint density at radius 1 is 0.667 bits per heavy atom. The van der Waals surface area contributed by atoms with Crippen LogP contribution in [-0.2, 0) is 0 Å². The highest BCUT2D eigenvalue weighted by Gasteiger charge is 2.09. The maximum atomic E-state index is 3.61. The average molecular weight is 256 g/mol. The van der Waals surface area contributed by atoms with Gasteiger partial charge in [-0.2, -0.15) is 0 Å². The Morgan fingerprint density at radius 3 is 1.56 bits per heavy atom. The largest absolute Gasteiger partial charge is 0.300 e. The lowest BCUT2D eigenvalue weighted by Gasteiger charge is -2.24. The molecular formula is C16H36N2. The summed E-state index contributed by atoms with van der Waals surface area (Å²) >= 11 is 0. The van der Waals surface area contributed by atoms with Gasteiger partial charge in [0.25, 0.3) is 0 Å². The van der Waals surface area contributed by atoms with Gasteiger partial charge in [-0.3, -0.25) is 10.6 Å². The number of hydrogen-bond donors (Lipinski definition) is 2. The molecule has 110 valence electrons. The Hall–Kier alpha value is -0.0800. The molecule has 0 aliphatic rings. The van der Waals surface area contributed by atoms with E-state index < -0.39 is 0 Å². The lowest BCUT2D eigenvalue weighted by molar-refractivity contribution is 0.338. The van der Waals surface area contributed by atoms with Crippen LogP contribution in [0.15, 0.2) is 0 Å². The predicted octanol–water partition coefficient (Wildman–Crippen LogP) is 4.45. The standard InChI is InChI=1S/C16H36N2/c1-6-7-8-9-10-11-12-13-16(17-14(2)3)18-15(4)5/h14-18H,6-13H2,1-5H3. The molecule has 0 aromatic carbocycles. The van der Waals surface area contributed by atoms with E-state index in [9.17, 15) is 0 Å². The predicted molar refractivity (Wildman–Crippen MR) is 82.9 cm³/mol. The Morgan fingerprint density at radius 2 is 1.11 bits per heavy atom. The van der Waals surface area contributed by atoms with Gasteiger partial charge in [0, 0.05) is 12.1 Å². The average Bonchev–Trinajstić information content (AvgIpc) is 2.26. The topological polar surface area (TPSA) is 24.1 Å². The smallest absolute Gasteiger partial charge is 0.0575 e. The van der Waals surface area contributed by atoms with Gasteiger partial charge in [0.15, 0.2) is 0 Å². The highest BCUT2D eigenvalue weighted by atomic mass is 15.1. The Bertz CT molecular complexity index is 156. The van der Waals surface area contributed by atoms with Crippen molar-refractivity contribution in [2.45, 2.75) is 104 Å². The fraction of sp³-hybridized carbons (Fsp3) is 1.00. The summed E-state index contributed by atoms with van der Waals surface area (Å²) in [6.45, 7) is 11.2. The van der Waals surface area contributed by atoms with Crippen molar-refractivity contribution in [1.29, 1.82) is 0 Å². The molecule has 0 spiro atoms. The third-order valence-corrected chi connectivity index (χ3v) is 3.17. The summed E-state index contributed by atoms with van der Waals surface area (Å²) < 4.78 is 0. The first-order valence-corrected chi connectivity index (χ1v) is 8.08. The zero-order valence-electron chi connectivity index (χ0n) is 13.4. The molecule has 2 nitrogen and oxygen atoms in total. The highest BCUT2D eigenvalue weighted by molar-refractivity contribution is 4.69. The zero-order valence-corrected chi connectivity index (χ0v) is 13.4. The summed E-state index contributed by atoms with van der Waals surface area (Å²) in [7, 11) is 0. The van der Waals surface area contributed by atoms with Gasteiger partial charge < -0.3 is 0 Å². The molecule has 2 N–H and O–H groups in total. The molecule has 0 saturated heterocycles. The van der Waals surface area contributed by atoms with Crippen molar-refractivity contribution in [3.63, 3.8) is 0 Å². The molecule has 0 bridgehead atoms. The van der Waals surface area contributed by atoms with Gasteiger partial charge in [0.05, 0.1) is 6.17 Å². The van der Waals surface area contributed by atoms with Gasteiger partial charge in [-0.1, -0.05) is 51.9 Å². The molecule has 0 amide bonds. The zero-order chi connectivity index (χ0) is 13.8. The van der Waals surface area contributed by atoms with Crippen LogP contribution in [0.2, 0.25) is 0 Å². The second-order valence-corrected chi connectivity index (χ2v) is 6.11.